The van der Waals surface area contributed by atoms with Crippen LogP contribution in [0.15, 0.2) is 0 Å². The first-order valence-electron chi connectivity index (χ1n) is 4.07. The van der Waals surface area contributed by atoms with Crippen molar-refractivity contribution < 1.29 is 14.7 Å². The molecule has 1 aliphatic carbocycles. The highest BCUT2D eigenvalue weighted by Gasteiger charge is 2.32. The van der Waals surface area contributed by atoms with Gasteiger partial charge in [0.05, 0.1) is 12.0 Å². The zero-order valence-electron chi connectivity index (χ0n) is 7.04. The molecule has 1 rings (SSSR count). The van der Waals surface area contributed by atoms with Crippen molar-refractivity contribution in [2.24, 2.45) is 5.92 Å². The van der Waals surface area contributed by atoms with Crippen molar-refractivity contribution in [1.82, 2.24) is 5.32 Å². The molecule has 0 aromatic rings. The lowest BCUT2D eigenvalue weighted by atomic mass is 9.83. The van der Waals surface area contributed by atoms with Gasteiger partial charge in [-0.1, -0.05) is 0 Å². The van der Waals surface area contributed by atoms with Gasteiger partial charge in [-0.25, -0.2) is 0 Å². The fourth-order valence-corrected chi connectivity index (χ4v) is 1.07. The van der Waals surface area contributed by atoms with E-state index >= 15 is 0 Å². The summed E-state index contributed by atoms with van der Waals surface area (Å²) in [6.45, 7) is 1.87. The van der Waals surface area contributed by atoms with Crippen molar-refractivity contribution in [3.05, 3.63) is 0 Å². The molecule has 0 radical (unpaired) electrons. The molecule has 0 aromatic carbocycles. The molecule has 0 aromatic heterocycles. The fourth-order valence-electron chi connectivity index (χ4n) is 1.07. The third kappa shape index (κ3) is 2.30. The minimum absolute atomic E-state index is 0.115. The number of ketones is 1. The zero-order chi connectivity index (χ0) is 9.14. The van der Waals surface area contributed by atoms with Crippen LogP contribution in [0.25, 0.3) is 0 Å². The smallest absolute Gasteiger partial charge is 0.224 e. The number of aliphatic hydroxyl groups is 1. The van der Waals surface area contributed by atoms with Gasteiger partial charge in [-0.15, -0.1) is 0 Å². The van der Waals surface area contributed by atoms with E-state index in [0.29, 0.717) is 12.8 Å². The summed E-state index contributed by atoms with van der Waals surface area (Å²) >= 11 is 0. The van der Waals surface area contributed by atoms with Gasteiger partial charge < -0.3 is 10.4 Å². The number of hydrogen-bond donors (Lipinski definition) is 2. The number of hydrogen-bond acceptors (Lipinski definition) is 3. The lowest BCUT2D eigenvalue weighted by molar-refractivity contribution is -0.138. The molecular formula is C8H13NO3. The van der Waals surface area contributed by atoms with Crippen LogP contribution in [0.4, 0.5) is 0 Å². The number of rotatable bonds is 3. The molecule has 1 saturated carbocycles. The molecule has 0 bridgehead atoms. The van der Waals surface area contributed by atoms with Crippen LogP contribution in [-0.2, 0) is 9.59 Å². The Morgan fingerprint density at radius 2 is 2.33 bits per heavy atom. The first kappa shape index (κ1) is 9.19. The van der Waals surface area contributed by atoms with Gasteiger partial charge in [0, 0.05) is 19.4 Å². The summed E-state index contributed by atoms with van der Waals surface area (Å²) in [5.74, 6) is -0.112. The topological polar surface area (TPSA) is 66.4 Å². The monoisotopic (exact) mass is 171 g/mol. The van der Waals surface area contributed by atoms with Crippen LogP contribution in [0.2, 0.25) is 0 Å². The van der Waals surface area contributed by atoms with Crippen molar-refractivity contribution >= 4 is 11.7 Å². The Kier molecular flexibility index (Phi) is 2.81. The van der Waals surface area contributed by atoms with E-state index in [-0.39, 0.29) is 24.2 Å². The van der Waals surface area contributed by atoms with Crippen LogP contribution in [0.5, 0.6) is 0 Å². The zero-order valence-corrected chi connectivity index (χ0v) is 7.04. The largest absolute Gasteiger partial charge is 0.392 e. The Labute approximate surface area is 71.0 Å². The van der Waals surface area contributed by atoms with E-state index in [2.05, 4.69) is 5.32 Å². The van der Waals surface area contributed by atoms with Crippen LogP contribution in [0, 0.1) is 5.92 Å². The summed E-state index contributed by atoms with van der Waals surface area (Å²) in [6.07, 6.45) is 0.210. The van der Waals surface area contributed by atoms with Gasteiger partial charge in [0.2, 0.25) is 5.91 Å². The summed E-state index contributed by atoms with van der Waals surface area (Å²) in [7, 11) is 0. The average Bonchev–Trinajstić information content (AvgIpc) is 1.94. The van der Waals surface area contributed by atoms with Gasteiger partial charge in [-0.2, -0.15) is 0 Å². The number of nitrogens with one attached hydrogen (secondary N) is 1. The predicted molar refractivity (Wildman–Crippen MR) is 42.4 cm³/mol. The van der Waals surface area contributed by atoms with E-state index in [9.17, 15) is 9.59 Å². The van der Waals surface area contributed by atoms with E-state index in [1.807, 2.05) is 0 Å². The molecule has 0 heterocycles. The highest BCUT2D eigenvalue weighted by molar-refractivity contribution is 5.96. The molecule has 1 aliphatic rings. The Bertz CT molecular complexity index is 192. The second-order valence-corrected chi connectivity index (χ2v) is 3.24. The first-order valence-corrected chi connectivity index (χ1v) is 4.07. The van der Waals surface area contributed by atoms with Crippen LogP contribution in [-0.4, -0.2) is 29.4 Å². The molecule has 2 N–H and O–H groups in total. The van der Waals surface area contributed by atoms with Crippen LogP contribution in [0.1, 0.15) is 19.8 Å². The quantitative estimate of drug-likeness (QED) is 0.599. The van der Waals surface area contributed by atoms with Gasteiger partial charge in [0.1, 0.15) is 5.78 Å². The van der Waals surface area contributed by atoms with Gasteiger partial charge >= 0.3 is 0 Å². The highest BCUT2D eigenvalue weighted by atomic mass is 16.3. The predicted octanol–water partition coefficient (Wildman–Crippen LogP) is -0.537. The number of amides is 1. The summed E-state index contributed by atoms with van der Waals surface area (Å²) in [6, 6.07) is 0. The fraction of sp³-hybridized carbons (Fsp3) is 0.750. The normalized spacial score (nSPS) is 20.0. The molecule has 4 nitrogen and oxygen atoms in total. The van der Waals surface area contributed by atoms with Crippen molar-refractivity contribution in [3.63, 3.8) is 0 Å². The molecule has 1 atom stereocenters. The summed E-state index contributed by atoms with van der Waals surface area (Å²) < 4.78 is 0. The van der Waals surface area contributed by atoms with Crippen molar-refractivity contribution in [2.75, 3.05) is 6.54 Å². The molecule has 0 saturated heterocycles. The van der Waals surface area contributed by atoms with E-state index in [4.69, 9.17) is 5.11 Å². The molecule has 0 spiro atoms. The Balaban J connectivity index is 2.17. The Morgan fingerprint density at radius 3 is 2.75 bits per heavy atom. The summed E-state index contributed by atoms with van der Waals surface area (Å²) in [5.41, 5.74) is 0. The lowest BCUT2D eigenvalue weighted by Gasteiger charge is -2.23. The van der Waals surface area contributed by atoms with Gasteiger partial charge in [0.15, 0.2) is 0 Å². The van der Waals surface area contributed by atoms with Gasteiger partial charge in [-0.3, -0.25) is 9.59 Å². The van der Waals surface area contributed by atoms with Crippen LogP contribution >= 0.6 is 0 Å². The summed E-state index contributed by atoms with van der Waals surface area (Å²) in [5, 5.41) is 11.4. The van der Waals surface area contributed by atoms with Crippen molar-refractivity contribution in [2.45, 2.75) is 25.9 Å². The average molecular weight is 171 g/mol. The van der Waals surface area contributed by atoms with E-state index in [1.165, 1.54) is 0 Å². The lowest BCUT2D eigenvalue weighted by Crippen LogP contribution is -2.41. The van der Waals surface area contributed by atoms with E-state index in [1.54, 1.807) is 6.92 Å². The maximum absolute atomic E-state index is 11.1. The van der Waals surface area contributed by atoms with Crippen molar-refractivity contribution in [1.29, 1.82) is 0 Å². The minimum Gasteiger partial charge on any atom is -0.392 e. The first-order chi connectivity index (χ1) is 5.59. The molecule has 4 heteroatoms. The standard InChI is InChI=1S/C8H13NO3/c1-5(10)4-9-8(12)6-2-7(11)3-6/h5-6,10H,2-4H2,1H3,(H,9,12)/t5-/m1/s1. The van der Waals surface area contributed by atoms with E-state index < -0.39 is 6.10 Å². The summed E-state index contributed by atoms with van der Waals surface area (Å²) in [4.78, 5) is 21.6. The maximum Gasteiger partial charge on any atom is 0.224 e. The third-order valence-corrected chi connectivity index (χ3v) is 1.89. The molecular weight excluding hydrogens is 158 g/mol. The number of aliphatic hydroxyl groups excluding tert-OH is 1. The van der Waals surface area contributed by atoms with Crippen LogP contribution in [0.3, 0.4) is 0 Å². The second kappa shape index (κ2) is 3.67. The molecule has 0 aliphatic heterocycles. The number of carbonyl (C=O) groups is 2. The molecule has 68 valence electrons. The van der Waals surface area contributed by atoms with Crippen LogP contribution < -0.4 is 5.32 Å². The molecule has 1 amide bonds. The molecule has 0 unspecified atom stereocenters. The van der Waals surface area contributed by atoms with Gasteiger partial charge in [0.25, 0.3) is 0 Å². The van der Waals surface area contributed by atoms with Gasteiger partial charge in [-0.05, 0) is 6.92 Å². The highest BCUT2D eigenvalue weighted by Crippen LogP contribution is 2.22. The molecule has 1 fully saturated rings. The third-order valence-electron chi connectivity index (χ3n) is 1.89. The molecule has 12 heavy (non-hydrogen) atoms. The van der Waals surface area contributed by atoms with Crippen molar-refractivity contribution in [3.8, 4) is 0 Å². The Morgan fingerprint density at radius 1 is 1.75 bits per heavy atom. The maximum atomic E-state index is 11.1. The number of Topliss-reactive ketones (excluding diaryl/α,β-unsaturated/α-hetero) is 1. The Hall–Kier alpha value is -0.900. The minimum atomic E-state index is -0.523. The SMILES string of the molecule is C[C@@H](O)CNC(=O)C1CC(=O)C1. The number of carbonyl (C=O) groups excluding carboxylic acids is 2. The van der Waals surface area contributed by atoms with E-state index in [0.717, 1.165) is 0 Å². The second-order valence-electron chi connectivity index (χ2n) is 3.24.